The number of carboxylic acid groups (broad SMARTS) is 1. The molecule has 0 fully saturated rings. The fourth-order valence-electron chi connectivity index (χ4n) is 1.66. The van der Waals surface area contributed by atoms with E-state index in [0.29, 0.717) is 6.08 Å². The average Bonchev–Trinajstić information content (AvgIpc) is 2.85. The minimum atomic E-state index is -4.81. The van der Waals surface area contributed by atoms with Crippen LogP contribution in [0.5, 0.6) is 0 Å². The van der Waals surface area contributed by atoms with Crippen LogP contribution in [-0.4, -0.2) is 26.5 Å². The number of halogens is 4. The highest BCUT2D eigenvalue weighted by atomic mass is 19.4. The molecule has 0 aliphatic rings. The number of hydrogen-bond donors (Lipinski definition) is 2. The zero-order valence-corrected chi connectivity index (χ0v) is 10.1. The number of aromatic amines is 1. The molecular weight excluding hydrogens is 294 g/mol. The number of carboxylic acids is 1. The normalized spacial score (nSPS) is 12.5. The summed E-state index contributed by atoms with van der Waals surface area (Å²) in [5, 5.41) is 17.0. The van der Waals surface area contributed by atoms with Crippen LogP contribution in [0.25, 0.3) is 5.57 Å². The molecular formula is C12H7F4N3O2. The van der Waals surface area contributed by atoms with Crippen molar-refractivity contribution >= 4 is 11.5 Å². The first-order chi connectivity index (χ1) is 9.79. The summed E-state index contributed by atoms with van der Waals surface area (Å²) in [5.41, 5.74) is -2.28. The molecule has 1 aromatic carbocycles. The summed E-state index contributed by atoms with van der Waals surface area (Å²) >= 11 is 0. The van der Waals surface area contributed by atoms with Crippen molar-refractivity contribution in [1.82, 2.24) is 15.4 Å². The number of carbonyl (C=O) groups is 1. The lowest BCUT2D eigenvalue weighted by atomic mass is 10.0. The van der Waals surface area contributed by atoms with Crippen LogP contribution in [0.4, 0.5) is 17.6 Å². The second-order valence-corrected chi connectivity index (χ2v) is 3.92. The first-order valence-corrected chi connectivity index (χ1v) is 5.48. The summed E-state index contributed by atoms with van der Waals surface area (Å²) in [6.07, 6.45) is -4.25. The smallest absolute Gasteiger partial charge is 0.437 e. The van der Waals surface area contributed by atoms with Crippen LogP contribution in [0.2, 0.25) is 0 Å². The third-order valence-electron chi connectivity index (χ3n) is 2.49. The molecule has 0 atom stereocenters. The molecule has 0 saturated carbocycles. The van der Waals surface area contributed by atoms with E-state index in [9.17, 15) is 22.4 Å². The number of rotatable bonds is 3. The van der Waals surface area contributed by atoms with Gasteiger partial charge in [0.05, 0.1) is 0 Å². The molecule has 0 unspecified atom stereocenters. The van der Waals surface area contributed by atoms with Crippen molar-refractivity contribution in [2.24, 2.45) is 0 Å². The van der Waals surface area contributed by atoms with Crippen LogP contribution >= 0.6 is 0 Å². The van der Waals surface area contributed by atoms with Gasteiger partial charge in [-0.15, -0.1) is 0 Å². The molecule has 0 bridgehead atoms. The van der Waals surface area contributed by atoms with Gasteiger partial charge in [-0.05, 0) is 17.7 Å². The van der Waals surface area contributed by atoms with Crippen LogP contribution in [0.3, 0.4) is 0 Å². The highest BCUT2D eigenvalue weighted by Crippen LogP contribution is 2.34. The van der Waals surface area contributed by atoms with E-state index in [0.717, 1.165) is 24.3 Å². The minimum Gasteiger partial charge on any atom is -0.478 e. The second-order valence-electron chi connectivity index (χ2n) is 3.92. The number of nitrogens with zero attached hydrogens (tertiary/aromatic N) is 2. The molecule has 0 amide bonds. The molecule has 9 heteroatoms. The lowest BCUT2D eigenvalue weighted by Gasteiger charge is -2.08. The van der Waals surface area contributed by atoms with Gasteiger partial charge in [0.15, 0.2) is 5.69 Å². The summed E-state index contributed by atoms with van der Waals surface area (Å²) < 4.78 is 51.3. The quantitative estimate of drug-likeness (QED) is 0.674. The molecule has 0 aliphatic heterocycles. The Hall–Kier alpha value is -2.71. The molecule has 1 aromatic heterocycles. The summed E-state index contributed by atoms with van der Waals surface area (Å²) in [4.78, 5) is 10.8. The molecule has 21 heavy (non-hydrogen) atoms. The Labute approximate surface area is 114 Å². The first-order valence-electron chi connectivity index (χ1n) is 5.48. The van der Waals surface area contributed by atoms with Gasteiger partial charge >= 0.3 is 12.1 Å². The van der Waals surface area contributed by atoms with E-state index in [2.05, 4.69) is 10.2 Å². The number of H-pyrrole nitrogens is 1. The third-order valence-corrected chi connectivity index (χ3v) is 2.49. The molecule has 110 valence electrons. The molecule has 0 radical (unpaired) electrons. The van der Waals surface area contributed by atoms with E-state index < -0.39 is 29.4 Å². The van der Waals surface area contributed by atoms with Gasteiger partial charge in [-0.1, -0.05) is 12.1 Å². The Morgan fingerprint density at radius 2 is 1.81 bits per heavy atom. The molecule has 0 saturated heterocycles. The van der Waals surface area contributed by atoms with Gasteiger partial charge in [0.2, 0.25) is 0 Å². The summed E-state index contributed by atoms with van der Waals surface area (Å²) in [7, 11) is 0. The first kappa shape index (κ1) is 14.7. The molecule has 0 spiro atoms. The Morgan fingerprint density at radius 1 is 1.19 bits per heavy atom. The fourth-order valence-corrected chi connectivity index (χ4v) is 1.66. The molecule has 0 aliphatic carbocycles. The van der Waals surface area contributed by atoms with Crippen LogP contribution < -0.4 is 0 Å². The monoisotopic (exact) mass is 301 g/mol. The number of aromatic nitrogens is 3. The van der Waals surface area contributed by atoms with E-state index in [4.69, 9.17) is 5.11 Å². The third kappa shape index (κ3) is 3.25. The van der Waals surface area contributed by atoms with Crippen molar-refractivity contribution in [3.63, 3.8) is 0 Å². The zero-order chi connectivity index (χ0) is 15.6. The van der Waals surface area contributed by atoms with Gasteiger partial charge in [0, 0.05) is 11.6 Å². The van der Waals surface area contributed by atoms with Gasteiger partial charge < -0.3 is 5.11 Å². The number of hydrogen-bond acceptors (Lipinski definition) is 3. The predicted octanol–water partition coefficient (Wildman–Crippen LogP) is 2.48. The lowest BCUT2D eigenvalue weighted by molar-refractivity contribution is -0.141. The van der Waals surface area contributed by atoms with Crippen LogP contribution in [-0.2, 0) is 11.0 Å². The average molecular weight is 301 g/mol. The highest BCUT2D eigenvalue weighted by molar-refractivity contribution is 5.94. The van der Waals surface area contributed by atoms with E-state index in [1.54, 1.807) is 0 Å². The standard InChI is InChI=1S/C12H7F4N3O2/c13-7-3-1-6(2-4-7)8(5-9(20)21)10-11(12(14,15)16)18-19-17-10/h1-5H,(H,20,21)(H,17,18,19)/b8-5-. The molecule has 2 rings (SSSR count). The molecule has 1 heterocycles. The van der Waals surface area contributed by atoms with E-state index >= 15 is 0 Å². The van der Waals surface area contributed by atoms with Crippen LogP contribution in [0, 0.1) is 5.82 Å². The summed E-state index contributed by atoms with van der Waals surface area (Å²) in [5.74, 6) is -2.07. The predicted molar refractivity (Wildman–Crippen MR) is 62.5 cm³/mol. The summed E-state index contributed by atoms with van der Waals surface area (Å²) in [6, 6.07) is 4.30. The topological polar surface area (TPSA) is 78.9 Å². The van der Waals surface area contributed by atoms with Crippen LogP contribution in [0.15, 0.2) is 30.3 Å². The maximum atomic E-state index is 12.9. The van der Waals surface area contributed by atoms with E-state index in [-0.39, 0.29) is 11.1 Å². The van der Waals surface area contributed by atoms with Crippen molar-refractivity contribution in [1.29, 1.82) is 0 Å². The van der Waals surface area contributed by atoms with Gasteiger partial charge in [-0.2, -0.15) is 28.6 Å². The Bertz CT molecular complexity index is 689. The van der Waals surface area contributed by atoms with Crippen molar-refractivity contribution in [2.45, 2.75) is 6.18 Å². The van der Waals surface area contributed by atoms with Crippen LogP contribution in [0.1, 0.15) is 17.0 Å². The number of alkyl halides is 3. The lowest BCUT2D eigenvalue weighted by Crippen LogP contribution is -2.10. The maximum Gasteiger partial charge on any atom is 0.437 e. The van der Waals surface area contributed by atoms with Gasteiger partial charge in [0.25, 0.3) is 0 Å². The SMILES string of the molecule is O=C(O)/C=C(/c1ccc(F)cc1)c1n[nH]nc1C(F)(F)F. The summed E-state index contributed by atoms with van der Waals surface area (Å²) in [6.45, 7) is 0. The van der Waals surface area contributed by atoms with Crippen molar-refractivity contribution in [2.75, 3.05) is 0 Å². The van der Waals surface area contributed by atoms with Gasteiger partial charge in [-0.25, -0.2) is 9.18 Å². The zero-order valence-electron chi connectivity index (χ0n) is 10.1. The Morgan fingerprint density at radius 3 is 2.33 bits per heavy atom. The van der Waals surface area contributed by atoms with Crippen molar-refractivity contribution < 1.29 is 27.5 Å². The maximum absolute atomic E-state index is 12.9. The van der Waals surface area contributed by atoms with E-state index in [1.807, 2.05) is 5.21 Å². The number of nitrogens with one attached hydrogen (secondary N) is 1. The number of aliphatic carboxylic acids is 1. The van der Waals surface area contributed by atoms with Gasteiger partial charge in [0.1, 0.15) is 11.5 Å². The molecule has 5 nitrogen and oxygen atoms in total. The van der Waals surface area contributed by atoms with Crippen molar-refractivity contribution in [3.8, 4) is 0 Å². The fraction of sp³-hybridized carbons (Fsp3) is 0.0833. The van der Waals surface area contributed by atoms with Gasteiger partial charge in [-0.3, -0.25) is 0 Å². The Kier molecular flexibility index (Phi) is 3.74. The Balaban J connectivity index is 2.61. The van der Waals surface area contributed by atoms with E-state index in [1.165, 1.54) is 0 Å². The second kappa shape index (κ2) is 5.35. The molecule has 2 N–H and O–H groups in total. The number of benzene rings is 1. The minimum absolute atomic E-state index is 0.0678. The highest BCUT2D eigenvalue weighted by Gasteiger charge is 2.38. The molecule has 2 aromatic rings. The van der Waals surface area contributed by atoms with Crippen molar-refractivity contribution in [3.05, 3.63) is 53.1 Å². The largest absolute Gasteiger partial charge is 0.478 e.